The Morgan fingerprint density at radius 2 is 0.610 bits per heavy atom. The Labute approximate surface area is 482 Å². The van der Waals surface area contributed by atoms with Crippen LogP contribution in [0.3, 0.4) is 0 Å². The molecule has 0 rings (SSSR count). The fourth-order valence-corrected chi connectivity index (χ4v) is 11.4. The van der Waals surface area contributed by atoms with E-state index < -0.39 is 12.1 Å². The van der Waals surface area contributed by atoms with Gasteiger partial charge in [0.2, 0.25) is 5.91 Å². The lowest BCUT2D eigenvalue weighted by molar-refractivity contribution is -0.143. The van der Waals surface area contributed by atoms with Crippen molar-refractivity contribution in [2.75, 3.05) is 13.2 Å². The maximum absolute atomic E-state index is 12.6. The number of nitrogens with one attached hydrogen (secondary N) is 1. The van der Waals surface area contributed by atoms with Crippen LogP contribution in [-0.2, 0) is 14.3 Å². The maximum Gasteiger partial charge on any atom is 0.305 e. The van der Waals surface area contributed by atoms with E-state index >= 15 is 0 Å². The first-order chi connectivity index (χ1) is 38.0. The van der Waals surface area contributed by atoms with Gasteiger partial charge in [-0.1, -0.05) is 353 Å². The van der Waals surface area contributed by atoms with Crippen LogP contribution in [0.15, 0.2) is 12.2 Å². The molecule has 2 atom stereocenters. The Morgan fingerprint density at radius 3 is 0.922 bits per heavy atom. The van der Waals surface area contributed by atoms with E-state index in [4.69, 9.17) is 4.74 Å². The molecule has 0 aliphatic carbocycles. The quantitative estimate of drug-likeness (QED) is 0.0320. The molecule has 0 saturated heterocycles. The smallest absolute Gasteiger partial charge is 0.305 e. The molecule has 0 aromatic heterocycles. The number of allylic oxidation sites excluding steroid dienone is 2. The first-order valence-electron chi connectivity index (χ1n) is 35.4. The number of hydrogen-bond donors (Lipinski definition) is 3. The number of rotatable bonds is 67. The second-order valence-corrected chi connectivity index (χ2v) is 24.6. The van der Waals surface area contributed by atoms with Crippen molar-refractivity contribution in [3.05, 3.63) is 12.2 Å². The molecule has 0 aromatic rings. The molecular weight excluding hydrogens is 947 g/mol. The number of aliphatic hydroxyl groups excluding tert-OH is 2. The third kappa shape index (κ3) is 63.6. The van der Waals surface area contributed by atoms with Crippen molar-refractivity contribution in [3.63, 3.8) is 0 Å². The molecule has 0 aliphatic rings. The number of carbonyl (C=O) groups excluding carboxylic acids is 2. The van der Waals surface area contributed by atoms with Gasteiger partial charge in [-0.05, 0) is 51.4 Å². The van der Waals surface area contributed by atoms with Gasteiger partial charge < -0.3 is 20.3 Å². The molecule has 0 saturated carbocycles. The Bertz CT molecular complexity index is 1160. The van der Waals surface area contributed by atoms with Crippen LogP contribution in [0.4, 0.5) is 0 Å². The zero-order valence-corrected chi connectivity index (χ0v) is 52.5. The van der Waals surface area contributed by atoms with Gasteiger partial charge in [0.25, 0.3) is 0 Å². The Kier molecular flexibility index (Phi) is 65.9. The molecule has 3 N–H and O–H groups in total. The minimum absolute atomic E-state index is 0.00321. The number of aliphatic hydroxyl groups is 2. The number of hydrogen-bond acceptors (Lipinski definition) is 5. The summed E-state index contributed by atoms with van der Waals surface area (Å²) < 4.78 is 5.49. The molecule has 6 nitrogen and oxygen atoms in total. The lowest BCUT2D eigenvalue weighted by atomic mass is 10.0. The fraction of sp³-hybridized carbons (Fsp3) is 0.944. The van der Waals surface area contributed by atoms with E-state index in [1.165, 1.54) is 327 Å². The highest BCUT2D eigenvalue weighted by atomic mass is 16.5. The van der Waals surface area contributed by atoms with E-state index in [2.05, 4.69) is 31.3 Å². The van der Waals surface area contributed by atoms with E-state index in [0.717, 1.165) is 44.9 Å². The minimum atomic E-state index is -0.668. The first kappa shape index (κ1) is 75.6. The molecule has 2 unspecified atom stereocenters. The molecule has 0 fully saturated rings. The summed E-state index contributed by atoms with van der Waals surface area (Å²) in [5.74, 6) is -0.0294. The van der Waals surface area contributed by atoms with Gasteiger partial charge in [-0.15, -0.1) is 0 Å². The zero-order chi connectivity index (χ0) is 55.7. The number of carbonyl (C=O) groups is 2. The van der Waals surface area contributed by atoms with Crippen LogP contribution in [0.1, 0.15) is 406 Å². The second kappa shape index (κ2) is 67.1. The van der Waals surface area contributed by atoms with Crippen molar-refractivity contribution in [2.24, 2.45) is 0 Å². The van der Waals surface area contributed by atoms with Crippen molar-refractivity contribution in [2.45, 2.75) is 418 Å². The molecule has 1 amide bonds. The standard InChI is InChI=1S/C71H139NO5/c1-3-5-7-9-11-13-15-17-19-21-22-23-24-25-26-27-29-32-35-39-43-47-51-55-59-63-69(74)68(67-73)72-70(75)64-60-56-52-48-44-40-36-33-30-28-31-34-38-42-46-50-54-58-62-66-77-71(76)65-61-57-53-49-45-41-37-20-18-16-14-12-10-8-6-4-2/h20,37,68-69,73-74H,3-19,21-36,38-67H2,1-2H3,(H,72,75)/b37-20-. The predicted octanol–water partition coefficient (Wildman–Crippen LogP) is 22.8. The molecule has 458 valence electrons. The van der Waals surface area contributed by atoms with Gasteiger partial charge in [0.05, 0.1) is 25.4 Å². The molecule has 0 spiro atoms. The molecular formula is C71H139NO5. The molecule has 0 heterocycles. The van der Waals surface area contributed by atoms with Gasteiger partial charge in [-0.25, -0.2) is 0 Å². The molecule has 0 aromatic carbocycles. The number of unbranched alkanes of at least 4 members (excludes halogenated alkanes) is 54. The maximum atomic E-state index is 12.6. The van der Waals surface area contributed by atoms with Crippen LogP contribution in [0.2, 0.25) is 0 Å². The highest BCUT2D eigenvalue weighted by Gasteiger charge is 2.20. The monoisotopic (exact) mass is 1090 g/mol. The average Bonchev–Trinajstić information content (AvgIpc) is 3.43. The minimum Gasteiger partial charge on any atom is -0.466 e. The SMILES string of the molecule is CCCCCCCCC/C=C\CCCCCCCC(=O)OCCCCCCCCCCCCCCCCCCCCCC(=O)NC(CO)C(O)CCCCCCCCCCCCCCCCCCCCCCCCCCC. The topological polar surface area (TPSA) is 95.9 Å². The van der Waals surface area contributed by atoms with Crippen molar-refractivity contribution < 1.29 is 24.5 Å². The van der Waals surface area contributed by atoms with E-state index in [1.807, 2.05) is 0 Å². The summed E-state index contributed by atoms with van der Waals surface area (Å²) in [6.07, 6.45) is 82.5. The highest BCUT2D eigenvalue weighted by molar-refractivity contribution is 5.76. The summed E-state index contributed by atoms with van der Waals surface area (Å²) in [4.78, 5) is 24.6. The lowest BCUT2D eigenvalue weighted by Crippen LogP contribution is -2.45. The highest BCUT2D eigenvalue weighted by Crippen LogP contribution is 2.19. The summed E-state index contributed by atoms with van der Waals surface area (Å²) >= 11 is 0. The summed E-state index contributed by atoms with van der Waals surface area (Å²) in [5.41, 5.74) is 0. The Morgan fingerprint density at radius 1 is 0.351 bits per heavy atom. The van der Waals surface area contributed by atoms with Gasteiger partial charge in [0.15, 0.2) is 0 Å². The number of ether oxygens (including phenoxy) is 1. The first-order valence-corrected chi connectivity index (χ1v) is 35.4. The van der Waals surface area contributed by atoms with Crippen LogP contribution in [-0.4, -0.2) is 47.4 Å². The molecule has 0 bridgehead atoms. The Balaban J connectivity index is 3.39. The lowest BCUT2D eigenvalue weighted by Gasteiger charge is -2.22. The molecule has 6 heteroatoms. The summed E-state index contributed by atoms with van der Waals surface area (Å²) in [6, 6.07) is -0.545. The summed E-state index contributed by atoms with van der Waals surface area (Å²) in [5, 5.41) is 23.4. The number of esters is 1. The zero-order valence-electron chi connectivity index (χ0n) is 52.5. The van der Waals surface area contributed by atoms with E-state index in [9.17, 15) is 19.8 Å². The largest absolute Gasteiger partial charge is 0.466 e. The van der Waals surface area contributed by atoms with Crippen molar-refractivity contribution in [3.8, 4) is 0 Å². The van der Waals surface area contributed by atoms with Crippen LogP contribution < -0.4 is 5.32 Å². The van der Waals surface area contributed by atoms with Crippen LogP contribution >= 0.6 is 0 Å². The Hall–Kier alpha value is -1.40. The predicted molar refractivity (Wildman–Crippen MR) is 338 cm³/mol. The van der Waals surface area contributed by atoms with Crippen LogP contribution in [0.25, 0.3) is 0 Å². The van der Waals surface area contributed by atoms with Crippen LogP contribution in [0, 0.1) is 0 Å². The summed E-state index contributed by atoms with van der Waals surface area (Å²) in [7, 11) is 0. The second-order valence-electron chi connectivity index (χ2n) is 24.6. The third-order valence-electron chi connectivity index (χ3n) is 16.8. The van der Waals surface area contributed by atoms with Gasteiger partial charge in [0.1, 0.15) is 0 Å². The van der Waals surface area contributed by atoms with Gasteiger partial charge in [0, 0.05) is 12.8 Å². The van der Waals surface area contributed by atoms with E-state index in [-0.39, 0.29) is 18.5 Å². The van der Waals surface area contributed by atoms with Crippen molar-refractivity contribution in [1.82, 2.24) is 5.32 Å². The molecule has 0 aliphatic heterocycles. The van der Waals surface area contributed by atoms with Crippen LogP contribution in [0.5, 0.6) is 0 Å². The number of amides is 1. The third-order valence-corrected chi connectivity index (χ3v) is 16.8. The summed E-state index contributed by atoms with van der Waals surface area (Å²) in [6.45, 7) is 4.98. The fourth-order valence-electron chi connectivity index (χ4n) is 11.4. The molecule has 0 radical (unpaired) electrons. The van der Waals surface area contributed by atoms with Crippen molar-refractivity contribution in [1.29, 1.82) is 0 Å². The van der Waals surface area contributed by atoms with E-state index in [0.29, 0.717) is 25.9 Å². The van der Waals surface area contributed by atoms with Gasteiger partial charge >= 0.3 is 5.97 Å². The van der Waals surface area contributed by atoms with Gasteiger partial charge in [-0.3, -0.25) is 9.59 Å². The van der Waals surface area contributed by atoms with Crippen molar-refractivity contribution >= 4 is 11.9 Å². The van der Waals surface area contributed by atoms with Gasteiger partial charge in [-0.2, -0.15) is 0 Å². The average molecular weight is 1090 g/mol. The normalized spacial score (nSPS) is 12.5. The molecule has 77 heavy (non-hydrogen) atoms. The van der Waals surface area contributed by atoms with E-state index in [1.54, 1.807) is 0 Å².